The standard InChI is InChI=1S/C13H20N2O3/c1-9(16)12(17)15-8-10-5-6-14-11(7-10)18-13(2,3)4/h5-7,9,16H,8H2,1-4H3,(H,15,17). The van der Waals surface area contributed by atoms with Gasteiger partial charge in [-0.05, 0) is 39.3 Å². The van der Waals surface area contributed by atoms with E-state index in [2.05, 4.69) is 10.3 Å². The predicted octanol–water partition coefficient (Wildman–Crippen LogP) is 1.26. The Hall–Kier alpha value is -1.62. The van der Waals surface area contributed by atoms with Crippen molar-refractivity contribution in [3.63, 3.8) is 0 Å². The van der Waals surface area contributed by atoms with E-state index in [4.69, 9.17) is 9.84 Å². The number of aromatic nitrogens is 1. The molecule has 1 amide bonds. The zero-order chi connectivity index (χ0) is 13.8. The first kappa shape index (κ1) is 14.4. The van der Waals surface area contributed by atoms with Crippen LogP contribution in [0.1, 0.15) is 33.3 Å². The predicted molar refractivity (Wildman–Crippen MR) is 68.1 cm³/mol. The third-order valence-corrected chi connectivity index (χ3v) is 2.06. The van der Waals surface area contributed by atoms with E-state index in [0.29, 0.717) is 12.4 Å². The van der Waals surface area contributed by atoms with E-state index in [-0.39, 0.29) is 5.60 Å². The van der Waals surface area contributed by atoms with Gasteiger partial charge in [-0.2, -0.15) is 0 Å². The van der Waals surface area contributed by atoms with E-state index in [0.717, 1.165) is 5.56 Å². The summed E-state index contributed by atoms with van der Waals surface area (Å²) in [6, 6.07) is 3.56. The summed E-state index contributed by atoms with van der Waals surface area (Å²) in [5, 5.41) is 11.7. The van der Waals surface area contributed by atoms with E-state index in [9.17, 15) is 4.79 Å². The maximum Gasteiger partial charge on any atom is 0.248 e. The van der Waals surface area contributed by atoms with Crippen LogP contribution in [0.3, 0.4) is 0 Å². The van der Waals surface area contributed by atoms with Crippen LogP contribution in [0.2, 0.25) is 0 Å². The Balaban J connectivity index is 2.63. The molecule has 1 rings (SSSR count). The third-order valence-electron chi connectivity index (χ3n) is 2.06. The molecule has 0 aliphatic carbocycles. The Morgan fingerprint density at radius 3 is 2.78 bits per heavy atom. The largest absolute Gasteiger partial charge is 0.472 e. The highest BCUT2D eigenvalue weighted by Gasteiger charge is 2.13. The van der Waals surface area contributed by atoms with Crippen LogP contribution in [0.5, 0.6) is 5.88 Å². The van der Waals surface area contributed by atoms with Gasteiger partial charge >= 0.3 is 0 Å². The second-order valence-corrected chi connectivity index (χ2v) is 5.11. The van der Waals surface area contributed by atoms with Crippen LogP contribution >= 0.6 is 0 Å². The number of nitrogens with one attached hydrogen (secondary N) is 1. The smallest absolute Gasteiger partial charge is 0.248 e. The van der Waals surface area contributed by atoms with Crippen molar-refractivity contribution in [2.45, 2.75) is 45.9 Å². The minimum absolute atomic E-state index is 0.311. The van der Waals surface area contributed by atoms with Crippen LogP contribution in [0.4, 0.5) is 0 Å². The van der Waals surface area contributed by atoms with Crippen LogP contribution < -0.4 is 10.1 Å². The summed E-state index contributed by atoms with van der Waals surface area (Å²) >= 11 is 0. The molecule has 2 N–H and O–H groups in total. The Morgan fingerprint density at radius 2 is 2.22 bits per heavy atom. The first-order valence-electron chi connectivity index (χ1n) is 5.87. The van der Waals surface area contributed by atoms with Crippen molar-refractivity contribution >= 4 is 5.91 Å². The molecule has 1 aromatic heterocycles. The second-order valence-electron chi connectivity index (χ2n) is 5.11. The van der Waals surface area contributed by atoms with Gasteiger partial charge in [-0.15, -0.1) is 0 Å². The summed E-state index contributed by atoms with van der Waals surface area (Å²) < 4.78 is 5.62. The number of rotatable bonds is 4. The molecule has 1 unspecified atom stereocenters. The molecule has 0 aliphatic rings. The summed E-state index contributed by atoms with van der Waals surface area (Å²) in [4.78, 5) is 15.3. The monoisotopic (exact) mass is 252 g/mol. The lowest BCUT2D eigenvalue weighted by Crippen LogP contribution is -2.32. The Morgan fingerprint density at radius 1 is 1.56 bits per heavy atom. The number of aliphatic hydroxyl groups is 1. The summed E-state index contributed by atoms with van der Waals surface area (Å²) in [6.45, 7) is 7.59. The molecule has 0 radical (unpaired) electrons. The van der Waals surface area contributed by atoms with Crippen molar-refractivity contribution in [2.24, 2.45) is 0 Å². The first-order valence-corrected chi connectivity index (χ1v) is 5.87. The Kier molecular flexibility index (Phi) is 4.67. The minimum Gasteiger partial charge on any atom is -0.472 e. The molecular formula is C13H20N2O3. The normalized spacial score (nSPS) is 12.9. The fourth-order valence-corrected chi connectivity index (χ4v) is 1.27. The number of ether oxygens (including phenoxy) is 1. The molecule has 0 saturated heterocycles. The number of nitrogens with zero attached hydrogens (tertiary/aromatic N) is 1. The van der Waals surface area contributed by atoms with Crippen molar-refractivity contribution < 1.29 is 14.6 Å². The van der Waals surface area contributed by atoms with Crippen LogP contribution in [0.25, 0.3) is 0 Å². The van der Waals surface area contributed by atoms with Crippen LogP contribution in [-0.4, -0.2) is 27.7 Å². The van der Waals surface area contributed by atoms with Gasteiger partial charge in [0.15, 0.2) is 0 Å². The summed E-state index contributed by atoms with van der Waals surface area (Å²) in [5.41, 5.74) is 0.562. The van der Waals surface area contributed by atoms with Crippen molar-refractivity contribution in [1.82, 2.24) is 10.3 Å². The van der Waals surface area contributed by atoms with E-state index in [1.54, 1.807) is 18.3 Å². The van der Waals surface area contributed by atoms with Gasteiger partial charge in [-0.3, -0.25) is 4.79 Å². The minimum atomic E-state index is -1.00. The van der Waals surface area contributed by atoms with Gasteiger partial charge in [-0.25, -0.2) is 4.98 Å². The quantitative estimate of drug-likeness (QED) is 0.846. The molecule has 1 atom stereocenters. The van der Waals surface area contributed by atoms with Crippen LogP contribution in [0, 0.1) is 0 Å². The molecule has 0 spiro atoms. The van der Waals surface area contributed by atoms with Crippen LogP contribution in [-0.2, 0) is 11.3 Å². The maximum atomic E-state index is 11.2. The summed E-state index contributed by atoms with van der Waals surface area (Å²) in [7, 11) is 0. The summed E-state index contributed by atoms with van der Waals surface area (Å²) in [6.07, 6.45) is 0.627. The second kappa shape index (κ2) is 5.82. The molecule has 5 nitrogen and oxygen atoms in total. The first-order chi connectivity index (χ1) is 8.28. The number of hydrogen-bond donors (Lipinski definition) is 2. The van der Waals surface area contributed by atoms with Gasteiger partial charge in [0.05, 0.1) is 0 Å². The van der Waals surface area contributed by atoms with Gasteiger partial charge in [0.25, 0.3) is 0 Å². The van der Waals surface area contributed by atoms with E-state index < -0.39 is 12.0 Å². The highest BCUT2D eigenvalue weighted by Crippen LogP contribution is 2.16. The highest BCUT2D eigenvalue weighted by molar-refractivity contribution is 5.79. The zero-order valence-electron chi connectivity index (χ0n) is 11.2. The average molecular weight is 252 g/mol. The van der Waals surface area contributed by atoms with Crippen molar-refractivity contribution in [3.8, 4) is 5.88 Å². The molecule has 1 heterocycles. The number of hydrogen-bond acceptors (Lipinski definition) is 4. The molecule has 5 heteroatoms. The molecular weight excluding hydrogens is 232 g/mol. The number of aliphatic hydroxyl groups excluding tert-OH is 1. The molecule has 100 valence electrons. The maximum absolute atomic E-state index is 11.2. The van der Waals surface area contributed by atoms with Gasteiger partial charge in [0.2, 0.25) is 11.8 Å². The number of pyridine rings is 1. The fourth-order valence-electron chi connectivity index (χ4n) is 1.27. The lowest BCUT2D eigenvalue weighted by atomic mass is 10.2. The highest BCUT2D eigenvalue weighted by atomic mass is 16.5. The molecule has 0 saturated carbocycles. The fraction of sp³-hybridized carbons (Fsp3) is 0.538. The lowest BCUT2D eigenvalue weighted by Gasteiger charge is -2.20. The average Bonchev–Trinajstić information content (AvgIpc) is 2.23. The topological polar surface area (TPSA) is 71.5 Å². The molecule has 0 aliphatic heterocycles. The molecule has 1 aromatic rings. The van der Waals surface area contributed by atoms with Crippen LogP contribution in [0.15, 0.2) is 18.3 Å². The SMILES string of the molecule is CC(O)C(=O)NCc1ccnc(OC(C)(C)C)c1. The molecule has 0 aromatic carbocycles. The molecule has 0 fully saturated rings. The lowest BCUT2D eigenvalue weighted by molar-refractivity contribution is -0.128. The zero-order valence-corrected chi connectivity index (χ0v) is 11.2. The van der Waals surface area contributed by atoms with Crippen molar-refractivity contribution in [2.75, 3.05) is 0 Å². The van der Waals surface area contributed by atoms with Gasteiger partial charge in [-0.1, -0.05) is 0 Å². The van der Waals surface area contributed by atoms with E-state index >= 15 is 0 Å². The molecule has 0 bridgehead atoms. The van der Waals surface area contributed by atoms with E-state index in [1.165, 1.54) is 6.92 Å². The molecule has 18 heavy (non-hydrogen) atoms. The number of carbonyl (C=O) groups is 1. The van der Waals surface area contributed by atoms with Gasteiger partial charge in [0.1, 0.15) is 11.7 Å². The Labute approximate surface area is 107 Å². The van der Waals surface area contributed by atoms with E-state index in [1.807, 2.05) is 20.8 Å². The van der Waals surface area contributed by atoms with Gasteiger partial charge < -0.3 is 15.2 Å². The third kappa shape index (κ3) is 5.14. The Bertz CT molecular complexity index is 411. The number of amides is 1. The summed E-state index contributed by atoms with van der Waals surface area (Å²) in [5.74, 6) is 0.122. The van der Waals surface area contributed by atoms with Crippen molar-refractivity contribution in [3.05, 3.63) is 23.9 Å². The van der Waals surface area contributed by atoms with Gasteiger partial charge in [0, 0.05) is 18.8 Å². The number of carbonyl (C=O) groups excluding carboxylic acids is 1. The van der Waals surface area contributed by atoms with Crippen molar-refractivity contribution in [1.29, 1.82) is 0 Å².